The van der Waals surface area contributed by atoms with Crippen LogP contribution in [-0.2, 0) is 4.79 Å². The molecule has 0 heterocycles. The molecular weight excluding hydrogens is 256 g/mol. The molecule has 0 spiro atoms. The minimum atomic E-state index is -1.21. The lowest BCUT2D eigenvalue weighted by Crippen LogP contribution is -2.39. The summed E-state index contributed by atoms with van der Waals surface area (Å²) in [5.41, 5.74) is -0.390. The van der Waals surface area contributed by atoms with Gasteiger partial charge in [-0.2, -0.15) is 0 Å². The molecular formula is C13H15F2NO3. The van der Waals surface area contributed by atoms with Gasteiger partial charge in [0.2, 0.25) is 0 Å². The van der Waals surface area contributed by atoms with Crippen molar-refractivity contribution in [1.82, 2.24) is 4.90 Å². The molecule has 0 aromatic heterocycles. The van der Waals surface area contributed by atoms with Gasteiger partial charge >= 0.3 is 5.97 Å². The summed E-state index contributed by atoms with van der Waals surface area (Å²) in [7, 11) is 0. The maximum absolute atomic E-state index is 13.5. The molecule has 0 fully saturated rings. The molecule has 4 nitrogen and oxygen atoms in total. The number of carbonyl (C=O) groups excluding carboxylic acids is 1. The van der Waals surface area contributed by atoms with Gasteiger partial charge in [-0.25, -0.2) is 8.78 Å². The molecule has 0 saturated heterocycles. The van der Waals surface area contributed by atoms with Crippen molar-refractivity contribution in [3.8, 4) is 0 Å². The number of halogens is 2. The fraction of sp³-hybridized carbons (Fsp3) is 0.385. The van der Waals surface area contributed by atoms with Crippen LogP contribution < -0.4 is 0 Å². The van der Waals surface area contributed by atoms with Crippen LogP contribution in [0.3, 0.4) is 0 Å². The molecule has 0 aliphatic carbocycles. The van der Waals surface area contributed by atoms with Crippen molar-refractivity contribution >= 4 is 11.9 Å². The minimum Gasteiger partial charge on any atom is -0.481 e. The Hall–Kier alpha value is -1.98. The number of carboxylic acids is 1. The third kappa shape index (κ3) is 3.74. The Morgan fingerprint density at radius 2 is 1.95 bits per heavy atom. The molecule has 1 rings (SSSR count). The van der Waals surface area contributed by atoms with Gasteiger partial charge in [-0.05, 0) is 26.0 Å². The Morgan fingerprint density at radius 3 is 2.47 bits per heavy atom. The second-order valence-electron chi connectivity index (χ2n) is 4.34. The highest BCUT2D eigenvalue weighted by molar-refractivity contribution is 5.94. The van der Waals surface area contributed by atoms with E-state index in [9.17, 15) is 18.4 Å². The van der Waals surface area contributed by atoms with Gasteiger partial charge in [0.1, 0.15) is 0 Å². The van der Waals surface area contributed by atoms with Crippen molar-refractivity contribution in [3.63, 3.8) is 0 Å². The van der Waals surface area contributed by atoms with Crippen LogP contribution in [0.2, 0.25) is 0 Å². The van der Waals surface area contributed by atoms with E-state index < -0.39 is 23.5 Å². The highest BCUT2D eigenvalue weighted by atomic mass is 19.2. The predicted molar refractivity (Wildman–Crippen MR) is 64.8 cm³/mol. The summed E-state index contributed by atoms with van der Waals surface area (Å²) in [6, 6.07) is 3.02. The highest BCUT2D eigenvalue weighted by Gasteiger charge is 2.23. The van der Waals surface area contributed by atoms with Crippen LogP contribution >= 0.6 is 0 Å². The Kier molecular flexibility index (Phi) is 4.97. The maximum Gasteiger partial charge on any atom is 0.305 e. The molecule has 0 bridgehead atoms. The summed E-state index contributed by atoms with van der Waals surface area (Å²) in [4.78, 5) is 23.8. The van der Waals surface area contributed by atoms with Crippen LogP contribution in [0.5, 0.6) is 0 Å². The Bertz CT molecular complexity index is 489. The van der Waals surface area contributed by atoms with Gasteiger partial charge in [-0.15, -0.1) is 0 Å². The summed E-state index contributed by atoms with van der Waals surface area (Å²) in [5.74, 6) is -4.09. The summed E-state index contributed by atoms with van der Waals surface area (Å²) in [6.07, 6.45) is -0.249. The Labute approximate surface area is 109 Å². The van der Waals surface area contributed by atoms with Crippen LogP contribution in [0.25, 0.3) is 0 Å². The fourth-order valence-corrected chi connectivity index (χ4v) is 1.63. The fourth-order valence-electron chi connectivity index (χ4n) is 1.63. The van der Waals surface area contributed by atoms with Gasteiger partial charge in [0, 0.05) is 12.6 Å². The molecule has 1 aromatic carbocycles. The molecule has 0 aliphatic heterocycles. The standard InChI is InChI=1S/C13H15F2NO3/c1-8(2)16(7-6-11(17)18)13(19)9-4-3-5-10(14)12(9)15/h3-5,8H,6-7H2,1-2H3,(H,17,18). The third-order valence-electron chi connectivity index (χ3n) is 2.63. The van der Waals surface area contributed by atoms with Crippen LogP contribution in [0.4, 0.5) is 8.78 Å². The van der Waals surface area contributed by atoms with E-state index in [1.54, 1.807) is 13.8 Å². The Morgan fingerprint density at radius 1 is 1.32 bits per heavy atom. The van der Waals surface area contributed by atoms with Gasteiger partial charge in [-0.1, -0.05) is 6.07 Å². The quantitative estimate of drug-likeness (QED) is 0.893. The number of benzene rings is 1. The smallest absolute Gasteiger partial charge is 0.305 e. The van der Waals surface area contributed by atoms with Gasteiger partial charge < -0.3 is 10.0 Å². The molecule has 1 amide bonds. The van der Waals surface area contributed by atoms with Crippen LogP contribution in [0.15, 0.2) is 18.2 Å². The van der Waals surface area contributed by atoms with Crippen LogP contribution in [-0.4, -0.2) is 34.5 Å². The van der Waals surface area contributed by atoms with Crippen molar-refractivity contribution in [1.29, 1.82) is 0 Å². The molecule has 0 unspecified atom stereocenters. The number of rotatable bonds is 5. The highest BCUT2D eigenvalue weighted by Crippen LogP contribution is 2.15. The number of carboxylic acid groups (broad SMARTS) is 1. The van der Waals surface area contributed by atoms with E-state index >= 15 is 0 Å². The number of aliphatic carboxylic acids is 1. The van der Waals surface area contributed by atoms with Gasteiger partial charge in [-0.3, -0.25) is 9.59 Å². The lowest BCUT2D eigenvalue weighted by Gasteiger charge is -2.26. The first-order valence-corrected chi connectivity index (χ1v) is 5.81. The molecule has 6 heteroatoms. The zero-order valence-electron chi connectivity index (χ0n) is 10.7. The topological polar surface area (TPSA) is 57.6 Å². The molecule has 0 saturated carbocycles. The molecule has 0 aliphatic rings. The molecule has 0 atom stereocenters. The van der Waals surface area contributed by atoms with E-state index in [0.717, 1.165) is 6.07 Å². The molecule has 0 radical (unpaired) electrons. The van der Waals surface area contributed by atoms with Crippen molar-refractivity contribution in [2.24, 2.45) is 0 Å². The second kappa shape index (κ2) is 6.26. The van der Waals surface area contributed by atoms with E-state index in [0.29, 0.717) is 0 Å². The number of carbonyl (C=O) groups is 2. The molecule has 1 N–H and O–H groups in total. The normalized spacial score (nSPS) is 10.6. The van der Waals surface area contributed by atoms with Crippen molar-refractivity contribution in [3.05, 3.63) is 35.4 Å². The molecule has 104 valence electrons. The van der Waals surface area contributed by atoms with E-state index in [2.05, 4.69) is 0 Å². The van der Waals surface area contributed by atoms with Crippen LogP contribution in [0.1, 0.15) is 30.6 Å². The second-order valence-corrected chi connectivity index (χ2v) is 4.34. The van der Waals surface area contributed by atoms with Crippen LogP contribution in [0, 0.1) is 11.6 Å². The maximum atomic E-state index is 13.5. The van der Waals surface area contributed by atoms with E-state index in [1.807, 2.05) is 0 Å². The van der Waals surface area contributed by atoms with Gasteiger partial charge in [0.05, 0.1) is 12.0 Å². The zero-order valence-corrected chi connectivity index (χ0v) is 10.7. The minimum absolute atomic E-state index is 0.0538. The van der Waals surface area contributed by atoms with E-state index in [4.69, 9.17) is 5.11 Å². The van der Waals surface area contributed by atoms with Crippen molar-refractivity contribution in [2.45, 2.75) is 26.3 Å². The summed E-state index contributed by atoms with van der Waals surface area (Å²) in [5, 5.41) is 8.62. The largest absolute Gasteiger partial charge is 0.481 e. The molecule has 19 heavy (non-hydrogen) atoms. The first kappa shape index (κ1) is 15.1. The predicted octanol–water partition coefficient (Wildman–Crippen LogP) is 2.29. The molecule has 1 aromatic rings. The Balaban J connectivity index is 2.99. The first-order valence-electron chi connectivity index (χ1n) is 5.81. The summed E-state index contributed by atoms with van der Waals surface area (Å²) in [6.45, 7) is 3.30. The summed E-state index contributed by atoms with van der Waals surface area (Å²) < 4.78 is 26.6. The number of amides is 1. The zero-order chi connectivity index (χ0) is 14.6. The SMILES string of the molecule is CC(C)N(CCC(=O)O)C(=O)c1cccc(F)c1F. The van der Waals surface area contributed by atoms with Crippen molar-refractivity contribution in [2.75, 3.05) is 6.54 Å². The first-order chi connectivity index (χ1) is 8.84. The average molecular weight is 271 g/mol. The van der Waals surface area contributed by atoms with Gasteiger partial charge in [0.25, 0.3) is 5.91 Å². The van der Waals surface area contributed by atoms with Crippen molar-refractivity contribution < 1.29 is 23.5 Å². The van der Waals surface area contributed by atoms with E-state index in [-0.39, 0.29) is 24.6 Å². The monoisotopic (exact) mass is 271 g/mol. The summed E-state index contributed by atoms with van der Waals surface area (Å²) >= 11 is 0. The number of hydrogen-bond acceptors (Lipinski definition) is 2. The van der Waals surface area contributed by atoms with Gasteiger partial charge in [0.15, 0.2) is 11.6 Å². The lowest BCUT2D eigenvalue weighted by atomic mass is 10.1. The lowest BCUT2D eigenvalue weighted by molar-refractivity contribution is -0.137. The number of nitrogens with zero attached hydrogens (tertiary/aromatic N) is 1. The van der Waals surface area contributed by atoms with E-state index in [1.165, 1.54) is 17.0 Å². The average Bonchev–Trinajstić information content (AvgIpc) is 2.31. The third-order valence-corrected chi connectivity index (χ3v) is 2.63. The number of hydrogen-bond donors (Lipinski definition) is 1.